The van der Waals surface area contributed by atoms with Crippen LogP contribution in [0.2, 0.25) is 0 Å². The van der Waals surface area contributed by atoms with E-state index in [4.69, 9.17) is 5.26 Å². The Morgan fingerprint density at radius 3 is 2.45 bits per heavy atom. The van der Waals surface area contributed by atoms with Gasteiger partial charge in [0.2, 0.25) is 0 Å². The molecule has 1 aliphatic rings. The molecule has 11 heavy (non-hydrogen) atoms. The Hall–Kier alpha value is -0.550. The molecule has 0 heterocycles. The zero-order chi connectivity index (χ0) is 8.32. The van der Waals surface area contributed by atoms with E-state index in [1.165, 1.54) is 12.8 Å². The predicted octanol–water partition coefficient (Wildman–Crippen LogP) is 1.82. The third kappa shape index (κ3) is 1.94. The minimum atomic E-state index is 0.0671. The number of nitriles is 1. The van der Waals surface area contributed by atoms with E-state index in [-0.39, 0.29) is 6.04 Å². The average Bonchev–Trinajstić information content (AvgIpc) is 2.81. The summed E-state index contributed by atoms with van der Waals surface area (Å²) in [6.45, 7) is 4.23. The normalized spacial score (nSPS) is 22.3. The summed E-state index contributed by atoms with van der Waals surface area (Å²) >= 11 is 0. The lowest BCUT2D eigenvalue weighted by Gasteiger charge is -2.17. The molecule has 1 N–H and O–H groups in total. The second-order valence-corrected chi connectivity index (χ2v) is 3.37. The van der Waals surface area contributed by atoms with Crippen LogP contribution in [0.3, 0.4) is 0 Å². The lowest BCUT2D eigenvalue weighted by atomic mass is 10.1. The third-order valence-corrected chi connectivity index (χ3v) is 2.57. The van der Waals surface area contributed by atoms with Crippen molar-refractivity contribution in [3.8, 4) is 6.07 Å². The Balaban J connectivity index is 2.35. The smallest absolute Gasteiger partial charge is 0.0954 e. The summed E-state index contributed by atoms with van der Waals surface area (Å²) in [7, 11) is 0. The molecule has 0 spiro atoms. The molecule has 2 heteroatoms. The fourth-order valence-electron chi connectivity index (χ4n) is 1.35. The Morgan fingerprint density at radius 1 is 1.55 bits per heavy atom. The topological polar surface area (TPSA) is 35.8 Å². The summed E-state index contributed by atoms with van der Waals surface area (Å²) in [5, 5.41) is 12.1. The van der Waals surface area contributed by atoms with E-state index in [0.717, 1.165) is 12.8 Å². The van der Waals surface area contributed by atoms with Crippen molar-refractivity contribution in [3.05, 3.63) is 0 Å². The molecule has 0 aliphatic heterocycles. The summed E-state index contributed by atoms with van der Waals surface area (Å²) in [6.07, 6.45) is 4.58. The summed E-state index contributed by atoms with van der Waals surface area (Å²) in [4.78, 5) is 0. The predicted molar refractivity (Wildman–Crippen MR) is 45.1 cm³/mol. The van der Waals surface area contributed by atoms with Crippen molar-refractivity contribution in [2.45, 2.75) is 51.1 Å². The fourth-order valence-corrected chi connectivity index (χ4v) is 1.35. The summed E-state index contributed by atoms with van der Waals surface area (Å²) in [5.41, 5.74) is 0.344. The molecule has 0 aromatic heterocycles. The van der Waals surface area contributed by atoms with Crippen LogP contribution in [0.15, 0.2) is 0 Å². The summed E-state index contributed by atoms with van der Waals surface area (Å²) in [6, 6.07) is 2.34. The van der Waals surface area contributed by atoms with Gasteiger partial charge in [-0.15, -0.1) is 0 Å². The monoisotopic (exact) mass is 152 g/mol. The maximum atomic E-state index is 8.70. The SMILES string of the molecule is CCC(C#N)NC1(CC)CC1. The number of nitrogens with zero attached hydrogens (tertiary/aromatic N) is 1. The van der Waals surface area contributed by atoms with E-state index in [0.29, 0.717) is 5.54 Å². The second-order valence-electron chi connectivity index (χ2n) is 3.37. The quantitative estimate of drug-likeness (QED) is 0.667. The third-order valence-electron chi connectivity index (χ3n) is 2.57. The first-order valence-corrected chi connectivity index (χ1v) is 4.43. The molecule has 0 saturated heterocycles. The van der Waals surface area contributed by atoms with Crippen LogP contribution in [-0.4, -0.2) is 11.6 Å². The second kappa shape index (κ2) is 3.23. The fraction of sp³-hybridized carbons (Fsp3) is 0.889. The van der Waals surface area contributed by atoms with Gasteiger partial charge in [-0.1, -0.05) is 13.8 Å². The average molecular weight is 152 g/mol. The highest BCUT2D eigenvalue weighted by Crippen LogP contribution is 2.38. The Labute approximate surface area is 68.6 Å². The van der Waals surface area contributed by atoms with Crippen LogP contribution in [0.5, 0.6) is 0 Å². The van der Waals surface area contributed by atoms with Crippen LogP contribution in [0, 0.1) is 11.3 Å². The molecule has 1 aliphatic carbocycles. The number of nitrogens with one attached hydrogen (secondary N) is 1. The van der Waals surface area contributed by atoms with Gasteiger partial charge in [0.05, 0.1) is 12.1 Å². The van der Waals surface area contributed by atoms with Crippen molar-refractivity contribution in [1.82, 2.24) is 5.32 Å². The van der Waals surface area contributed by atoms with Crippen LogP contribution in [0.4, 0.5) is 0 Å². The molecular formula is C9H16N2. The van der Waals surface area contributed by atoms with Crippen molar-refractivity contribution < 1.29 is 0 Å². The molecular weight excluding hydrogens is 136 g/mol. The van der Waals surface area contributed by atoms with E-state index in [9.17, 15) is 0 Å². The number of hydrogen-bond acceptors (Lipinski definition) is 2. The van der Waals surface area contributed by atoms with Gasteiger partial charge in [0, 0.05) is 5.54 Å². The molecule has 0 bridgehead atoms. The van der Waals surface area contributed by atoms with Gasteiger partial charge >= 0.3 is 0 Å². The first-order chi connectivity index (χ1) is 5.26. The van der Waals surface area contributed by atoms with E-state index >= 15 is 0 Å². The molecule has 0 aromatic rings. The van der Waals surface area contributed by atoms with Crippen LogP contribution >= 0.6 is 0 Å². The zero-order valence-corrected chi connectivity index (χ0v) is 7.35. The van der Waals surface area contributed by atoms with Gasteiger partial charge in [-0.2, -0.15) is 5.26 Å². The van der Waals surface area contributed by atoms with Gasteiger partial charge in [-0.05, 0) is 25.7 Å². The van der Waals surface area contributed by atoms with Gasteiger partial charge in [-0.25, -0.2) is 0 Å². The number of rotatable bonds is 4. The van der Waals surface area contributed by atoms with Gasteiger partial charge in [0.15, 0.2) is 0 Å². The summed E-state index contributed by atoms with van der Waals surface area (Å²) < 4.78 is 0. The van der Waals surface area contributed by atoms with Gasteiger partial charge in [0.25, 0.3) is 0 Å². The van der Waals surface area contributed by atoms with Crippen molar-refractivity contribution in [2.24, 2.45) is 0 Å². The molecule has 1 unspecified atom stereocenters. The molecule has 2 nitrogen and oxygen atoms in total. The first-order valence-electron chi connectivity index (χ1n) is 4.43. The molecule has 0 radical (unpaired) electrons. The molecule has 0 amide bonds. The summed E-state index contributed by atoms with van der Waals surface area (Å²) in [5.74, 6) is 0. The van der Waals surface area contributed by atoms with Crippen molar-refractivity contribution in [1.29, 1.82) is 5.26 Å². The molecule has 1 rings (SSSR count). The van der Waals surface area contributed by atoms with E-state index < -0.39 is 0 Å². The molecule has 1 fully saturated rings. The van der Waals surface area contributed by atoms with Gasteiger partial charge in [-0.3, -0.25) is 5.32 Å². The van der Waals surface area contributed by atoms with Gasteiger partial charge < -0.3 is 0 Å². The van der Waals surface area contributed by atoms with E-state index in [2.05, 4.69) is 18.3 Å². The highest BCUT2D eigenvalue weighted by atomic mass is 15.0. The van der Waals surface area contributed by atoms with Crippen molar-refractivity contribution in [3.63, 3.8) is 0 Å². The highest BCUT2D eigenvalue weighted by molar-refractivity contribution is 5.05. The molecule has 1 atom stereocenters. The lowest BCUT2D eigenvalue weighted by Crippen LogP contribution is -2.38. The highest BCUT2D eigenvalue weighted by Gasteiger charge is 2.41. The van der Waals surface area contributed by atoms with Crippen molar-refractivity contribution >= 4 is 0 Å². The van der Waals surface area contributed by atoms with Gasteiger partial charge in [0.1, 0.15) is 0 Å². The maximum absolute atomic E-state index is 8.70. The van der Waals surface area contributed by atoms with Crippen LogP contribution < -0.4 is 5.32 Å². The van der Waals surface area contributed by atoms with Crippen molar-refractivity contribution in [2.75, 3.05) is 0 Å². The molecule has 62 valence electrons. The standard InChI is InChI=1S/C9H16N2/c1-3-8(7-10)11-9(4-2)5-6-9/h8,11H,3-6H2,1-2H3. The Kier molecular flexibility index (Phi) is 2.51. The largest absolute Gasteiger partial charge is 0.296 e. The number of hydrogen-bond donors (Lipinski definition) is 1. The Bertz CT molecular complexity index is 165. The lowest BCUT2D eigenvalue weighted by molar-refractivity contribution is 0.439. The molecule has 0 aromatic carbocycles. The minimum absolute atomic E-state index is 0.0671. The van der Waals surface area contributed by atoms with E-state index in [1.54, 1.807) is 0 Å². The zero-order valence-electron chi connectivity index (χ0n) is 7.35. The Morgan fingerprint density at radius 2 is 2.18 bits per heavy atom. The maximum Gasteiger partial charge on any atom is 0.0954 e. The first kappa shape index (κ1) is 8.55. The van der Waals surface area contributed by atoms with Crippen LogP contribution in [-0.2, 0) is 0 Å². The minimum Gasteiger partial charge on any atom is -0.296 e. The van der Waals surface area contributed by atoms with Crippen LogP contribution in [0.25, 0.3) is 0 Å². The molecule has 1 saturated carbocycles. The van der Waals surface area contributed by atoms with E-state index in [1.807, 2.05) is 6.92 Å². The van der Waals surface area contributed by atoms with Crippen LogP contribution in [0.1, 0.15) is 39.5 Å².